The summed E-state index contributed by atoms with van der Waals surface area (Å²) in [7, 11) is 1.47. The molecule has 0 radical (unpaired) electrons. The van der Waals surface area contributed by atoms with E-state index >= 15 is 0 Å². The van der Waals surface area contributed by atoms with Gasteiger partial charge in [0, 0.05) is 38.9 Å². The van der Waals surface area contributed by atoms with Crippen molar-refractivity contribution in [3.63, 3.8) is 0 Å². The first kappa shape index (κ1) is 17.1. The van der Waals surface area contributed by atoms with Gasteiger partial charge in [-0.3, -0.25) is 4.79 Å². The van der Waals surface area contributed by atoms with E-state index in [0.717, 1.165) is 0 Å². The minimum atomic E-state index is -1.08. The van der Waals surface area contributed by atoms with Gasteiger partial charge in [0.25, 0.3) is 0 Å². The monoisotopic (exact) mass is 299 g/mol. The van der Waals surface area contributed by atoms with Crippen LogP contribution in [0, 0.1) is 0 Å². The van der Waals surface area contributed by atoms with Crippen molar-refractivity contribution in [3.05, 3.63) is 11.7 Å². The molecule has 0 fully saturated rings. The molecule has 1 aromatic heterocycles. The number of aromatic nitrogens is 2. The smallest absolute Gasteiger partial charge is 0.326 e. The fourth-order valence-corrected chi connectivity index (χ4v) is 1.58. The molecule has 1 atom stereocenters. The van der Waals surface area contributed by atoms with Crippen LogP contribution in [0.3, 0.4) is 0 Å². The van der Waals surface area contributed by atoms with E-state index in [1.54, 1.807) is 0 Å². The third-order valence-corrected chi connectivity index (χ3v) is 2.81. The Balaban J connectivity index is 2.42. The number of carboxylic acid groups (broad SMARTS) is 1. The van der Waals surface area contributed by atoms with Gasteiger partial charge in [-0.15, -0.1) is 0 Å². The third-order valence-electron chi connectivity index (χ3n) is 2.81. The van der Waals surface area contributed by atoms with Crippen molar-refractivity contribution in [2.45, 2.75) is 45.1 Å². The Bertz CT molecular complexity index is 472. The highest BCUT2D eigenvalue weighted by molar-refractivity contribution is 5.83. The molecule has 21 heavy (non-hydrogen) atoms. The molecule has 0 spiro atoms. The van der Waals surface area contributed by atoms with Gasteiger partial charge in [0.1, 0.15) is 6.04 Å². The zero-order chi connectivity index (χ0) is 15.8. The van der Waals surface area contributed by atoms with E-state index in [2.05, 4.69) is 15.5 Å². The summed E-state index contributed by atoms with van der Waals surface area (Å²) in [5.74, 6) is -0.337. The molecule has 8 nitrogen and oxygen atoms in total. The van der Waals surface area contributed by atoms with Gasteiger partial charge in [0.2, 0.25) is 11.8 Å². The zero-order valence-electron chi connectivity index (χ0n) is 12.5. The van der Waals surface area contributed by atoms with E-state index in [1.165, 1.54) is 7.11 Å². The molecule has 0 aromatic carbocycles. The second-order valence-corrected chi connectivity index (χ2v) is 4.94. The molecule has 1 unspecified atom stereocenters. The molecular formula is C13H21N3O5. The van der Waals surface area contributed by atoms with Crippen molar-refractivity contribution >= 4 is 11.9 Å². The highest BCUT2D eigenvalue weighted by Crippen LogP contribution is 2.10. The van der Waals surface area contributed by atoms with E-state index in [1.807, 2.05) is 13.8 Å². The number of methoxy groups -OCH3 is 1. The Morgan fingerprint density at radius 1 is 1.43 bits per heavy atom. The number of ether oxygens (including phenoxy) is 1. The maximum Gasteiger partial charge on any atom is 0.326 e. The number of nitrogens with one attached hydrogen (secondary N) is 1. The highest BCUT2D eigenvalue weighted by Gasteiger charge is 2.20. The molecule has 0 bridgehead atoms. The van der Waals surface area contributed by atoms with E-state index in [-0.39, 0.29) is 37.7 Å². The normalized spacial score (nSPS) is 12.4. The molecule has 0 saturated carbocycles. The number of amides is 1. The first-order chi connectivity index (χ1) is 9.93. The number of nitrogens with zero attached hydrogens (tertiary/aromatic N) is 2. The summed E-state index contributed by atoms with van der Waals surface area (Å²) in [5, 5.41) is 15.2. The topological polar surface area (TPSA) is 115 Å². The minimum absolute atomic E-state index is 0.0937. The lowest BCUT2D eigenvalue weighted by atomic mass is 10.2. The van der Waals surface area contributed by atoms with Crippen molar-refractivity contribution in [2.24, 2.45) is 0 Å². The van der Waals surface area contributed by atoms with Crippen molar-refractivity contribution in [2.75, 3.05) is 13.7 Å². The largest absolute Gasteiger partial charge is 0.480 e. The van der Waals surface area contributed by atoms with Crippen molar-refractivity contribution in [1.82, 2.24) is 15.5 Å². The van der Waals surface area contributed by atoms with Crippen LogP contribution in [-0.2, 0) is 20.7 Å². The Hall–Kier alpha value is -1.96. The maximum absolute atomic E-state index is 11.7. The molecule has 0 aliphatic carbocycles. The number of aryl methyl sites for hydroxylation is 1. The molecule has 1 aromatic rings. The van der Waals surface area contributed by atoms with Crippen LogP contribution >= 0.6 is 0 Å². The maximum atomic E-state index is 11.7. The zero-order valence-corrected chi connectivity index (χ0v) is 12.5. The molecule has 2 N–H and O–H groups in total. The standard InChI is InChI=1S/C13H21N3O5/c1-8(2)12-15-11(21-16-12)5-4-10(17)14-9(13(18)19)6-7-20-3/h8-9H,4-7H2,1-3H3,(H,14,17)(H,18,19). The van der Waals surface area contributed by atoms with Gasteiger partial charge in [0.05, 0.1) is 0 Å². The minimum Gasteiger partial charge on any atom is -0.480 e. The lowest BCUT2D eigenvalue weighted by molar-refractivity contribution is -0.142. The molecular weight excluding hydrogens is 278 g/mol. The van der Waals surface area contributed by atoms with Crippen LogP contribution in [0.1, 0.15) is 44.3 Å². The van der Waals surface area contributed by atoms with Crippen molar-refractivity contribution in [1.29, 1.82) is 0 Å². The lowest BCUT2D eigenvalue weighted by Gasteiger charge is -2.13. The first-order valence-corrected chi connectivity index (χ1v) is 6.77. The van der Waals surface area contributed by atoms with Crippen LogP contribution in [0.4, 0.5) is 0 Å². The number of aliphatic carboxylic acids is 1. The molecule has 8 heteroatoms. The summed E-state index contributed by atoms with van der Waals surface area (Å²) in [6.45, 7) is 4.14. The highest BCUT2D eigenvalue weighted by atomic mass is 16.5. The molecule has 1 heterocycles. The molecule has 0 aliphatic rings. The van der Waals surface area contributed by atoms with Gasteiger partial charge < -0.3 is 19.7 Å². The lowest BCUT2D eigenvalue weighted by Crippen LogP contribution is -2.41. The SMILES string of the molecule is COCCC(NC(=O)CCc1nc(C(C)C)no1)C(=O)O. The van der Waals surface area contributed by atoms with Gasteiger partial charge in [-0.05, 0) is 0 Å². The molecule has 0 aliphatic heterocycles. The third kappa shape index (κ3) is 5.90. The Kier molecular flexibility index (Phi) is 6.80. The van der Waals surface area contributed by atoms with Crippen LogP contribution in [-0.4, -0.2) is 46.9 Å². The fourth-order valence-electron chi connectivity index (χ4n) is 1.58. The van der Waals surface area contributed by atoms with E-state index < -0.39 is 12.0 Å². The van der Waals surface area contributed by atoms with Gasteiger partial charge >= 0.3 is 5.97 Å². The van der Waals surface area contributed by atoms with E-state index in [9.17, 15) is 9.59 Å². The van der Waals surface area contributed by atoms with Crippen LogP contribution in [0.25, 0.3) is 0 Å². The van der Waals surface area contributed by atoms with Gasteiger partial charge in [0.15, 0.2) is 5.82 Å². The summed E-state index contributed by atoms with van der Waals surface area (Å²) in [4.78, 5) is 26.9. The van der Waals surface area contributed by atoms with Crippen LogP contribution in [0.5, 0.6) is 0 Å². The van der Waals surface area contributed by atoms with Crippen LogP contribution in [0.15, 0.2) is 4.52 Å². The number of hydrogen-bond donors (Lipinski definition) is 2. The number of carbonyl (C=O) groups is 2. The van der Waals surface area contributed by atoms with Crippen LogP contribution in [0.2, 0.25) is 0 Å². The molecule has 0 saturated heterocycles. The van der Waals surface area contributed by atoms with E-state index in [4.69, 9.17) is 14.4 Å². The number of carbonyl (C=O) groups excluding carboxylic acids is 1. The number of rotatable bonds is 9. The van der Waals surface area contributed by atoms with Crippen LogP contribution < -0.4 is 5.32 Å². The summed E-state index contributed by atoms with van der Waals surface area (Å²) in [5.41, 5.74) is 0. The van der Waals surface area contributed by atoms with Gasteiger partial charge in [-0.2, -0.15) is 4.98 Å². The first-order valence-electron chi connectivity index (χ1n) is 6.77. The number of carboxylic acids is 1. The summed E-state index contributed by atoms with van der Waals surface area (Å²) < 4.78 is 9.83. The molecule has 118 valence electrons. The second-order valence-electron chi connectivity index (χ2n) is 4.94. The average Bonchev–Trinajstić information content (AvgIpc) is 2.90. The fraction of sp³-hybridized carbons (Fsp3) is 0.692. The van der Waals surface area contributed by atoms with Crippen molar-refractivity contribution in [3.8, 4) is 0 Å². The number of hydrogen-bond acceptors (Lipinski definition) is 6. The molecule has 1 rings (SSSR count). The molecule has 1 amide bonds. The predicted octanol–water partition coefficient (Wildman–Crippen LogP) is 0.731. The summed E-state index contributed by atoms with van der Waals surface area (Å²) in [6.07, 6.45) is 0.592. The average molecular weight is 299 g/mol. The second kappa shape index (κ2) is 8.35. The van der Waals surface area contributed by atoms with Gasteiger partial charge in [-0.1, -0.05) is 19.0 Å². The summed E-state index contributed by atoms with van der Waals surface area (Å²) >= 11 is 0. The predicted molar refractivity (Wildman–Crippen MR) is 72.8 cm³/mol. The van der Waals surface area contributed by atoms with Gasteiger partial charge in [-0.25, -0.2) is 4.79 Å². The van der Waals surface area contributed by atoms with E-state index in [0.29, 0.717) is 11.7 Å². The Morgan fingerprint density at radius 2 is 2.14 bits per heavy atom. The Morgan fingerprint density at radius 3 is 2.67 bits per heavy atom. The summed E-state index contributed by atoms with van der Waals surface area (Å²) in [6, 6.07) is -0.952. The Labute approximate surface area is 122 Å². The van der Waals surface area contributed by atoms with Crippen molar-refractivity contribution < 1.29 is 24.0 Å². The quantitative estimate of drug-likeness (QED) is 0.690.